The van der Waals surface area contributed by atoms with Crippen molar-refractivity contribution in [1.29, 1.82) is 0 Å². The lowest BCUT2D eigenvalue weighted by Gasteiger charge is -2.24. The van der Waals surface area contributed by atoms with Gasteiger partial charge in [0.2, 0.25) is 5.91 Å². The molecule has 3 aromatic rings. The van der Waals surface area contributed by atoms with Crippen LogP contribution in [-0.2, 0) is 4.79 Å². The minimum Gasteiger partial charge on any atom is -0.367 e. The number of hydrogen-bond donors (Lipinski definition) is 4. The molecule has 1 aliphatic carbocycles. The maximum atomic E-state index is 12.4. The minimum absolute atomic E-state index is 0.106. The van der Waals surface area contributed by atoms with Crippen molar-refractivity contribution in [3.8, 4) is 11.3 Å². The number of aromatic nitrogens is 2. The van der Waals surface area contributed by atoms with Crippen LogP contribution in [-0.4, -0.2) is 40.3 Å². The predicted molar refractivity (Wildman–Crippen MR) is 127 cm³/mol. The summed E-state index contributed by atoms with van der Waals surface area (Å²) >= 11 is 0. The van der Waals surface area contributed by atoms with Crippen LogP contribution in [0.1, 0.15) is 49.4 Å². The van der Waals surface area contributed by atoms with Crippen LogP contribution < -0.4 is 21.7 Å². The zero-order valence-corrected chi connectivity index (χ0v) is 18.4. The lowest BCUT2D eigenvalue weighted by atomic mass is 9.95. The molecule has 8 nitrogen and oxygen atoms in total. The highest BCUT2D eigenvalue weighted by Crippen LogP contribution is 2.32. The Morgan fingerprint density at radius 1 is 1.12 bits per heavy atom. The van der Waals surface area contributed by atoms with Crippen LogP contribution in [0.5, 0.6) is 0 Å². The van der Waals surface area contributed by atoms with Gasteiger partial charge in [0.1, 0.15) is 17.2 Å². The number of nitrogens with one attached hydrogen (secondary N) is 3. The molecule has 8 heteroatoms. The molecule has 0 atom stereocenters. The van der Waals surface area contributed by atoms with Gasteiger partial charge in [0.05, 0.1) is 0 Å². The topological polar surface area (TPSA) is 114 Å². The molecule has 1 aliphatic rings. The molecule has 0 saturated heterocycles. The fourth-order valence-electron chi connectivity index (χ4n) is 4.17. The van der Waals surface area contributed by atoms with Crippen LogP contribution in [0, 0.1) is 0 Å². The standard InChI is InChI=1S/C24H30N6O2/c1-16(31)27-20-9-7-17(8-10-20)22-23(28-19-5-3-2-4-6-19)30-14-11-18(15-21(30)29-22)24(32)26-13-12-25/h7-11,14-15,19,28H,2-6,12-13,25H2,1H3,(H,26,32)(H,27,31). The van der Waals surface area contributed by atoms with E-state index in [4.69, 9.17) is 10.7 Å². The molecule has 0 unspecified atom stereocenters. The van der Waals surface area contributed by atoms with E-state index in [9.17, 15) is 9.59 Å². The number of amides is 2. The second kappa shape index (κ2) is 9.82. The van der Waals surface area contributed by atoms with E-state index in [2.05, 4.69) is 16.0 Å². The lowest BCUT2D eigenvalue weighted by Crippen LogP contribution is -2.29. The van der Waals surface area contributed by atoms with Crippen LogP contribution in [0.2, 0.25) is 0 Å². The molecular weight excluding hydrogens is 404 g/mol. The second-order valence-electron chi connectivity index (χ2n) is 8.24. The van der Waals surface area contributed by atoms with Gasteiger partial charge in [-0.2, -0.15) is 0 Å². The maximum absolute atomic E-state index is 12.4. The van der Waals surface area contributed by atoms with E-state index in [1.165, 1.54) is 26.2 Å². The minimum atomic E-state index is -0.163. The number of carbonyl (C=O) groups is 2. The first-order valence-electron chi connectivity index (χ1n) is 11.2. The number of anilines is 2. The Bertz CT molecular complexity index is 1100. The Hall–Kier alpha value is -3.39. The first kappa shape index (κ1) is 21.8. The monoisotopic (exact) mass is 434 g/mol. The van der Waals surface area contributed by atoms with Gasteiger partial charge < -0.3 is 21.7 Å². The molecule has 0 aliphatic heterocycles. The first-order valence-corrected chi connectivity index (χ1v) is 11.2. The number of pyridine rings is 1. The van der Waals surface area contributed by atoms with Crippen molar-refractivity contribution in [2.75, 3.05) is 23.7 Å². The Morgan fingerprint density at radius 3 is 2.56 bits per heavy atom. The van der Waals surface area contributed by atoms with Gasteiger partial charge in [-0.15, -0.1) is 0 Å². The van der Waals surface area contributed by atoms with Gasteiger partial charge in [0.15, 0.2) is 0 Å². The van der Waals surface area contributed by atoms with Crippen molar-refractivity contribution in [1.82, 2.24) is 14.7 Å². The van der Waals surface area contributed by atoms with E-state index >= 15 is 0 Å². The molecule has 4 rings (SSSR count). The van der Waals surface area contributed by atoms with Gasteiger partial charge in [-0.1, -0.05) is 31.4 Å². The number of rotatable bonds is 7. The molecule has 0 radical (unpaired) electrons. The highest BCUT2D eigenvalue weighted by Gasteiger charge is 2.20. The summed E-state index contributed by atoms with van der Waals surface area (Å²) in [5.41, 5.74) is 9.25. The van der Waals surface area contributed by atoms with Gasteiger partial charge in [-0.25, -0.2) is 4.98 Å². The molecule has 2 amide bonds. The quantitative estimate of drug-likeness (QED) is 0.455. The summed E-state index contributed by atoms with van der Waals surface area (Å²) in [7, 11) is 0. The summed E-state index contributed by atoms with van der Waals surface area (Å²) < 4.78 is 2.01. The average Bonchev–Trinajstić information content (AvgIpc) is 3.15. The van der Waals surface area contributed by atoms with Gasteiger partial charge in [-0.05, 0) is 37.1 Å². The van der Waals surface area contributed by atoms with Crippen LogP contribution in [0.3, 0.4) is 0 Å². The number of carbonyl (C=O) groups excluding carboxylic acids is 2. The Morgan fingerprint density at radius 2 is 1.88 bits per heavy atom. The average molecular weight is 435 g/mol. The second-order valence-corrected chi connectivity index (χ2v) is 8.24. The van der Waals surface area contributed by atoms with E-state index < -0.39 is 0 Å². The van der Waals surface area contributed by atoms with Crippen molar-refractivity contribution in [3.63, 3.8) is 0 Å². The van der Waals surface area contributed by atoms with Crippen molar-refractivity contribution in [2.24, 2.45) is 5.73 Å². The first-order chi connectivity index (χ1) is 15.5. The molecule has 1 fully saturated rings. The predicted octanol–water partition coefficient (Wildman–Crippen LogP) is 3.39. The summed E-state index contributed by atoms with van der Waals surface area (Å²) in [4.78, 5) is 28.6. The zero-order chi connectivity index (χ0) is 22.5. The Kier molecular flexibility index (Phi) is 6.70. The van der Waals surface area contributed by atoms with Gasteiger partial charge >= 0.3 is 0 Å². The van der Waals surface area contributed by atoms with E-state index in [0.717, 1.165) is 35.6 Å². The molecule has 0 bridgehead atoms. The van der Waals surface area contributed by atoms with Crippen LogP contribution in [0.15, 0.2) is 42.6 Å². The third-order valence-electron chi connectivity index (χ3n) is 5.74. The molecule has 1 saturated carbocycles. The fraction of sp³-hybridized carbons (Fsp3) is 0.375. The highest BCUT2D eigenvalue weighted by molar-refractivity contribution is 5.95. The summed E-state index contributed by atoms with van der Waals surface area (Å²) in [6.45, 7) is 2.31. The summed E-state index contributed by atoms with van der Waals surface area (Å²) in [6, 6.07) is 11.6. The summed E-state index contributed by atoms with van der Waals surface area (Å²) in [5.74, 6) is 0.655. The zero-order valence-electron chi connectivity index (χ0n) is 18.4. The van der Waals surface area contributed by atoms with E-state index in [0.29, 0.717) is 30.3 Å². The third kappa shape index (κ3) is 4.91. The maximum Gasteiger partial charge on any atom is 0.251 e. The molecule has 5 N–H and O–H groups in total. The number of hydrogen-bond acceptors (Lipinski definition) is 5. The SMILES string of the molecule is CC(=O)Nc1ccc(-c2nc3cc(C(=O)NCCN)ccn3c2NC2CCCCC2)cc1. The molecule has 2 heterocycles. The normalized spacial score (nSPS) is 14.3. The molecule has 168 valence electrons. The van der Waals surface area contributed by atoms with E-state index in [1.54, 1.807) is 12.1 Å². The van der Waals surface area contributed by atoms with E-state index in [1.807, 2.05) is 34.9 Å². The van der Waals surface area contributed by atoms with Crippen LogP contribution >= 0.6 is 0 Å². The third-order valence-corrected chi connectivity index (χ3v) is 5.74. The lowest BCUT2D eigenvalue weighted by molar-refractivity contribution is -0.114. The number of benzene rings is 1. The highest BCUT2D eigenvalue weighted by atomic mass is 16.2. The fourth-order valence-corrected chi connectivity index (χ4v) is 4.17. The smallest absolute Gasteiger partial charge is 0.251 e. The van der Waals surface area contributed by atoms with Crippen molar-refractivity contribution in [3.05, 3.63) is 48.2 Å². The van der Waals surface area contributed by atoms with Crippen molar-refractivity contribution < 1.29 is 9.59 Å². The summed E-state index contributed by atoms with van der Waals surface area (Å²) in [6.07, 6.45) is 7.88. The molecule has 1 aromatic carbocycles. The van der Waals surface area contributed by atoms with Gasteiger partial charge in [0, 0.05) is 49.1 Å². The molecule has 2 aromatic heterocycles. The van der Waals surface area contributed by atoms with Crippen molar-refractivity contribution >= 4 is 29.0 Å². The number of fused-ring (bicyclic) bond motifs is 1. The van der Waals surface area contributed by atoms with Crippen molar-refractivity contribution in [2.45, 2.75) is 45.1 Å². The molecule has 32 heavy (non-hydrogen) atoms. The number of nitrogens with zero attached hydrogens (tertiary/aromatic N) is 2. The number of imidazole rings is 1. The van der Waals surface area contributed by atoms with Gasteiger partial charge in [-0.3, -0.25) is 14.0 Å². The Labute approximate surface area is 187 Å². The van der Waals surface area contributed by atoms with Gasteiger partial charge in [0.25, 0.3) is 5.91 Å². The van der Waals surface area contributed by atoms with Crippen LogP contribution in [0.4, 0.5) is 11.5 Å². The summed E-state index contributed by atoms with van der Waals surface area (Å²) in [5, 5.41) is 9.31. The number of nitrogens with two attached hydrogens (primary N) is 1. The molecular formula is C24H30N6O2. The molecule has 0 spiro atoms. The largest absolute Gasteiger partial charge is 0.367 e. The Balaban J connectivity index is 1.72. The van der Waals surface area contributed by atoms with Crippen LogP contribution in [0.25, 0.3) is 16.9 Å². The van der Waals surface area contributed by atoms with E-state index in [-0.39, 0.29) is 11.8 Å².